The summed E-state index contributed by atoms with van der Waals surface area (Å²) < 4.78 is 0. The van der Waals surface area contributed by atoms with Crippen LogP contribution in [0.2, 0.25) is 5.02 Å². The molecule has 3 aromatic rings. The van der Waals surface area contributed by atoms with Gasteiger partial charge in [-0.25, -0.2) is 0 Å². The second-order valence-corrected chi connectivity index (χ2v) is 8.95. The number of fused-ring (bicyclic) bond motifs is 1. The summed E-state index contributed by atoms with van der Waals surface area (Å²) in [5.41, 5.74) is 12.6. The van der Waals surface area contributed by atoms with Gasteiger partial charge in [0.1, 0.15) is 6.04 Å². The number of aliphatic imine (C=N–C) groups is 1. The Hall–Kier alpha value is -3.48. The maximum atomic E-state index is 13.2. The van der Waals surface area contributed by atoms with Crippen molar-refractivity contribution in [2.24, 2.45) is 10.7 Å². The van der Waals surface area contributed by atoms with E-state index in [1.165, 1.54) is 11.1 Å². The van der Waals surface area contributed by atoms with Crippen LogP contribution >= 0.6 is 11.6 Å². The molecule has 1 atom stereocenters. The Bertz CT molecular complexity index is 1280. The molecule has 0 saturated heterocycles. The number of nitrogens with zero attached hydrogens (tertiary/aromatic N) is 1. The third kappa shape index (κ3) is 5.61. The zero-order chi connectivity index (χ0) is 24.9. The van der Waals surface area contributed by atoms with Gasteiger partial charge < -0.3 is 16.4 Å². The SMILES string of the molecule is CCc1ccc(CC2N=C(c3ccc(NC(=O)CN)cc3)c3cc(Cl)ccc3NC2=O)cc1CC. The first-order valence-electron chi connectivity index (χ1n) is 11.8. The maximum absolute atomic E-state index is 13.2. The number of carbonyl (C=O) groups excluding carboxylic acids is 2. The van der Waals surface area contributed by atoms with Gasteiger partial charge in [-0.1, -0.05) is 55.8 Å². The van der Waals surface area contributed by atoms with Crippen LogP contribution in [0.15, 0.2) is 65.7 Å². The number of anilines is 2. The summed E-state index contributed by atoms with van der Waals surface area (Å²) in [7, 11) is 0. The molecular formula is C28H29ClN4O2. The molecule has 0 bridgehead atoms. The third-order valence-corrected chi connectivity index (χ3v) is 6.41. The number of halogens is 1. The van der Waals surface area contributed by atoms with Gasteiger partial charge in [-0.3, -0.25) is 14.6 Å². The third-order valence-electron chi connectivity index (χ3n) is 6.17. The van der Waals surface area contributed by atoms with Crippen molar-refractivity contribution in [3.8, 4) is 0 Å². The molecular weight excluding hydrogens is 460 g/mol. The van der Waals surface area contributed by atoms with Crippen LogP contribution in [0.25, 0.3) is 0 Å². The summed E-state index contributed by atoms with van der Waals surface area (Å²) in [6.45, 7) is 4.21. The summed E-state index contributed by atoms with van der Waals surface area (Å²) in [6.07, 6.45) is 2.41. The fourth-order valence-corrected chi connectivity index (χ4v) is 4.49. The van der Waals surface area contributed by atoms with E-state index in [0.29, 0.717) is 28.5 Å². The van der Waals surface area contributed by atoms with Crippen LogP contribution in [-0.2, 0) is 28.9 Å². The van der Waals surface area contributed by atoms with Gasteiger partial charge in [0.15, 0.2) is 0 Å². The van der Waals surface area contributed by atoms with E-state index in [4.69, 9.17) is 22.3 Å². The molecule has 0 radical (unpaired) electrons. The number of hydrogen-bond donors (Lipinski definition) is 3. The topological polar surface area (TPSA) is 96.6 Å². The number of benzodiazepines with no additional fused rings is 1. The monoisotopic (exact) mass is 488 g/mol. The van der Waals surface area contributed by atoms with Gasteiger partial charge >= 0.3 is 0 Å². The summed E-state index contributed by atoms with van der Waals surface area (Å²) in [6, 6.07) is 18.5. The number of nitrogens with two attached hydrogens (primary N) is 1. The number of benzene rings is 3. The van der Waals surface area contributed by atoms with Gasteiger partial charge in [0, 0.05) is 28.3 Å². The number of carbonyl (C=O) groups is 2. The highest BCUT2D eigenvalue weighted by Crippen LogP contribution is 2.29. The van der Waals surface area contributed by atoms with Crippen molar-refractivity contribution in [2.45, 2.75) is 39.2 Å². The van der Waals surface area contributed by atoms with Crippen molar-refractivity contribution in [1.29, 1.82) is 0 Å². The molecule has 35 heavy (non-hydrogen) atoms. The van der Waals surface area contributed by atoms with Gasteiger partial charge in [0.2, 0.25) is 11.8 Å². The van der Waals surface area contributed by atoms with Crippen molar-refractivity contribution in [3.05, 3.63) is 93.5 Å². The molecule has 0 fully saturated rings. The molecule has 4 rings (SSSR count). The average molecular weight is 489 g/mol. The minimum absolute atomic E-state index is 0.0885. The predicted molar refractivity (Wildman–Crippen MR) is 143 cm³/mol. The Kier molecular flexibility index (Phi) is 7.63. The first-order valence-corrected chi connectivity index (χ1v) is 12.2. The van der Waals surface area contributed by atoms with Crippen molar-refractivity contribution in [3.63, 3.8) is 0 Å². The average Bonchev–Trinajstić information content (AvgIpc) is 3.00. The zero-order valence-electron chi connectivity index (χ0n) is 19.9. The highest BCUT2D eigenvalue weighted by atomic mass is 35.5. The molecule has 1 aliphatic rings. The highest BCUT2D eigenvalue weighted by Gasteiger charge is 2.26. The lowest BCUT2D eigenvalue weighted by molar-refractivity contribution is -0.117. The number of amides is 2. The Morgan fingerprint density at radius 3 is 2.46 bits per heavy atom. The lowest BCUT2D eigenvalue weighted by atomic mass is 9.96. The lowest BCUT2D eigenvalue weighted by Crippen LogP contribution is -2.27. The first kappa shape index (κ1) is 24.6. The van der Waals surface area contributed by atoms with E-state index in [-0.39, 0.29) is 18.4 Å². The maximum Gasteiger partial charge on any atom is 0.249 e. The number of aryl methyl sites for hydroxylation is 2. The Morgan fingerprint density at radius 1 is 1.03 bits per heavy atom. The molecule has 6 nitrogen and oxygen atoms in total. The molecule has 7 heteroatoms. The lowest BCUT2D eigenvalue weighted by Gasteiger charge is -2.14. The highest BCUT2D eigenvalue weighted by molar-refractivity contribution is 6.32. The summed E-state index contributed by atoms with van der Waals surface area (Å²) in [4.78, 5) is 29.8. The van der Waals surface area contributed by atoms with Crippen LogP contribution < -0.4 is 16.4 Å². The van der Waals surface area contributed by atoms with Gasteiger partial charge in [-0.2, -0.15) is 0 Å². The zero-order valence-corrected chi connectivity index (χ0v) is 20.7. The van der Waals surface area contributed by atoms with E-state index in [1.807, 2.05) is 18.2 Å². The molecule has 3 aromatic carbocycles. The van der Waals surface area contributed by atoms with E-state index in [2.05, 4.69) is 42.7 Å². The Balaban J connectivity index is 1.74. The fourth-order valence-electron chi connectivity index (χ4n) is 4.32. The van der Waals surface area contributed by atoms with Crippen molar-refractivity contribution >= 4 is 40.5 Å². The molecule has 4 N–H and O–H groups in total. The molecule has 0 spiro atoms. The minimum Gasteiger partial charge on any atom is -0.325 e. The largest absolute Gasteiger partial charge is 0.325 e. The van der Waals surface area contributed by atoms with Crippen LogP contribution in [0, 0.1) is 0 Å². The van der Waals surface area contributed by atoms with E-state index in [1.54, 1.807) is 24.3 Å². The second-order valence-electron chi connectivity index (χ2n) is 8.52. The summed E-state index contributed by atoms with van der Waals surface area (Å²) in [5, 5.41) is 6.33. The van der Waals surface area contributed by atoms with Crippen LogP contribution in [0.5, 0.6) is 0 Å². The minimum atomic E-state index is -0.607. The van der Waals surface area contributed by atoms with E-state index < -0.39 is 6.04 Å². The predicted octanol–water partition coefficient (Wildman–Crippen LogP) is 4.76. The molecule has 1 heterocycles. The van der Waals surface area contributed by atoms with Gasteiger partial charge in [-0.05, 0) is 59.9 Å². The number of nitrogens with one attached hydrogen (secondary N) is 2. The first-order chi connectivity index (χ1) is 16.9. The smallest absolute Gasteiger partial charge is 0.249 e. The van der Waals surface area contributed by atoms with E-state index in [9.17, 15) is 9.59 Å². The molecule has 1 aliphatic heterocycles. The normalized spacial score (nSPS) is 15.0. The number of rotatable bonds is 7. The molecule has 180 valence electrons. The van der Waals surface area contributed by atoms with Gasteiger partial charge in [0.05, 0.1) is 17.9 Å². The quantitative estimate of drug-likeness (QED) is 0.447. The van der Waals surface area contributed by atoms with Crippen LogP contribution in [0.4, 0.5) is 11.4 Å². The Morgan fingerprint density at radius 2 is 1.77 bits per heavy atom. The molecule has 0 saturated carbocycles. The van der Waals surface area contributed by atoms with Gasteiger partial charge in [-0.15, -0.1) is 0 Å². The van der Waals surface area contributed by atoms with Crippen LogP contribution in [0.3, 0.4) is 0 Å². The van der Waals surface area contributed by atoms with Crippen LogP contribution in [0.1, 0.15) is 41.7 Å². The number of hydrogen-bond acceptors (Lipinski definition) is 4. The molecule has 0 aliphatic carbocycles. The van der Waals surface area contributed by atoms with Gasteiger partial charge in [0.25, 0.3) is 0 Å². The standard InChI is InChI=1S/C28H29ClN4O2/c1-3-18-6-5-17(13-19(18)4-2)14-25-28(35)33-24-12-9-21(29)15-23(24)27(32-25)20-7-10-22(11-8-20)31-26(34)16-30/h5-13,15,25H,3-4,14,16,30H2,1-2H3,(H,31,34)(H,33,35). The van der Waals surface area contributed by atoms with Crippen molar-refractivity contribution < 1.29 is 9.59 Å². The summed E-state index contributed by atoms with van der Waals surface area (Å²) >= 11 is 6.32. The molecule has 1 unspecified atom stereocenters. The summed E-state index contributed by atoms with van der Waals surface area (Å²) in [5.74, 6) is -0.426. The van der Waals surface area contributed by atoms with E-state index >= 15 is 0 Å². The fraction of sp³-hybridized carbons (Fsp3) is 0.250. The van der Waals surface area contributed by atoms with Crippen molar-refractivity contribution in [1.82, 2.24) is 0 Å². The van der Waals surface area contributed by atoms with Crippen molar-refractivity contribution in [2.75, 3.05) is 17.2 Å². The second kappa shape index (κ2) is 10.8. The molecule has 2 amide bonds. The van der Waals surface area contributed by atoms with E-state index in [0.717, 1.165) is 29.5 Å². The molecule has 0 aromatic heterocycles. The van der Waals surface area contributed by atoms with Crippen LogP contribution in [-0.4, -0.2) is 30.1 Å². The Labute approximate surface area is 210 Å².